The number of sulfone groups is 1. The molecular weight excluding hydrogens is 551 g/mol. The maximum atomic E-state index is 14.4. The quantitative estimate of drug-likeness (QED) is 0.387. The Bertz CT molecular complexity index is 1280. The van der Waals surface area contributed by atoms with Gasteiger partial charge in [0.05, 0.1) is 11.3 Å². The number of carbonyl (C=O) groups excluding carboxylic acids is 1. The molecule has 3 aromatic carbocycles. The van der Waals surface area contributed by atoms with Crippen LogP contribution in [0.2, 0.25) is 0 Å². The van der Waals surface area contributed by atoms with Crippen molar-refractivity contribution in [3.8, 4) is 11.5 Å². The van der Waals surface area contributed by atoms with Gasteiger partial charge in [-0.3, -0.25) is 4.79 Å². The summed E-state index contributed by atoms with van der Waals surface area (Å²) < 4.78 is 59.0. The second kappa shape index (κ2) is 9.95. The van der Waals surface area contributed by atoms with Crippen molar-refractivity contribution in [1.29, 1.82) is 0 Å². The first-order chi connectivity index (χ1) is 15.1. The molecule has 0 aliphatic heterocycles. The number of hydrogen-bond acceptors (Lipinski definition) is 4. The first kappa shape index (κ1) is 24.1. The topological polar surface area (TPSA) is 86.5 Å². The molecule has 5 nitrogen and oxygen atoms in total. The first-order valence-electron chi connectivity index (χ1n) is 9.61. The SMILES string of the molecule is CCS(=O)(=O)Cc1cccc(Oc2cc(F)cc(Cc3ccc(I)cc3F)c2C(N)=O)c1. The van der Waals surface area contributed by atoms with Crippen LogP contribution in [0.15, 0.2) is 54.6 Å². The van der Waals surface area contributed by atoms with Crippen molar-refractivity contribution in [2.75, 3.05) is 5.75 Å². The zero-order valence-electron chi connectivity index (χ0n) is 17.1. The maximum absolute atomic E-state index is 14.4. The van der Waals surface area contributed by atoms with E-state index in [2.05, 4.69) is 0 Å². The molecule has 9 heteroatoms. The molecule has 1 amide bonds. The van der Waals surface area contributed by atoms with Gasteiger partial charge in [-0.25, -0.2) is 17.2 Å². The molecule has 0 radical (unpaired) electrons. The molecule has 0 aliphatic carbocycles. The fourth-order valence-corrected chi connectivity index (χ4v) is 4.53. The molecule has 168 valence electrons. The molecule has 0 saturated carbocycles. The highest BCUT2D eigenvalue weighted by atomic mass is 127. The summed E-state index contributed by atoms with van der Waals surface area (Å²) in [7, 11) is -3.26. The van der Waals surface area contributed by atoms with E-state index in [1.54, 1.807) is 37.3 Å². The highest BCUT2D eigenvalue weighted by Crippen LogP contribution is 2.31. The summed E-state index contributed by atoms with van der Waals surface area (Å²) in [6.45, 7) is 1.56. The van der Waals surface area contributed by atoms with Crippen molar-refractivity contribution in [2.45, 2.75) is 19.1 Å². The lowest BCUT2D eigenvalue weighted by Gasteiger charge is -2.15. The number of amides is 1. The van der Waals surface area contributed by atoms with E-state index in [0.717, 1.165) is 12.1 Å². The smallest absolute Gasteiger partial charge is 0.252 e. The van der Waals surface area contributed by atoms with E-state index in [-0.39, 0.29) is 46.1 Å². The van der Waals surface area contributed by atoms with Crippen LogP contribution in [0, 0.1) is 15.2 Å². The van der Waals surface area contributed by atoms with Crippen molar-refractivity contribution >= 4 is 38.3 Å². The number of benzene rings is 3. The van der Waals surface area contributed by atoms with Gasteiger partial charge in [-0.1, -0.05) is 25.1 Å². The van der Waals surface area contributed by atoms with Crippen LogP contribution in [0.4, 0.5) is 8.78 Å². The summed E-state index contributed by atoms with van der Waals surface area (Å²) in [4.78, 5) is 12.2. The zero-order chi connectivity index (χ0) is 23.5. The molecule has 0 saturated heterocycles. The number of nitrogens with two attached hydrogens (primary N) is 1. The van der Waals surface area contributed by atoms with E-state index < -0.39 is 27.4 Å². The van der Waals surface area contributed by atoms with Crippen molar-refractivity contribution in [3.05, 3.63) is 92.1 Å². The molecule has 0 bridgehead atoms. The standard InChI is InChI=1S/C23H20F2INO4S/c1-2-32(29,30)13-14-4-3-5-19(8-14)31-21-11-17(24)10-16(22(21)23(27)28)9-15-6-7-18(26)12-20(15)25/h3-8,10-12H,2,9,13H2,1H3,(H2,27,28). The summed E-state index contributed by atoms with van der Waals surface area (Å²) >= 11 is 1.97. The van der Waals surface area contributed by atoms with Crippen LogP contribution in [0.1, 0.15) is 34.0 Å². The normalized spacial score (nSPS) is 11.4. The van der Waals surface area contributed by atoms with E-state index in [1.165, 1.54) is 12.1 Å². The second-order valence-electron chi connectivity index (χ2n) is 7.14. The highest BCUT2D eigenvalue weighted by molar-refractivity contribution is 14.1. The molecule has 0 atom stereocenters. The minimum Gasteiger partial charge on any atom is -0.456 e. The van der Waals surface area contributed by atoms with E-state index in [0.29, 0.717) is 9.13 Å². The predicted molar refractivity (Wildman–Crippen MR) is 127 cm³/mol. The van der Waals surface area contributed by atoms with Crippen LogP contribution in [-0.2, 0) is 22.0 Å². The van der Waals surface area contributed by atoms with E-state index in [4.69, 9.17) is 10.5 Å². The van der Waals surface area contributed by atoms with Gasteiger partial charge in [0, 0.05) is 21.8 Å². The Balaban J connectivity index is 2.00. The third kappa shape index (κ3) is 6.04. The Labute approximate surface area is 198 Å². The van der Waals surface area contributed by atoms with Gasteiger partial charge in [0.15, 0.2) is 9.84 Å². The Kier molecular flexibility index (Phi) is 7.50. The molecule has 32 heavy (non-hydrogen) atoms. The first-order valence-corrected chi connectivity index (χ1v) is 12.5. The molecule has 2 N–H and O–H groups in total. The number of carbonyl (C=O) groups is 1. The molecule has 0 heterocycles. The molecule has 0 spiro atoms. The third-order valence-corrected chi connectivity index (χ3v) is 7.07. The van der Waals surface area contributed by atoms with Crippen molar-refractivity contribution in [3.63, 3.8) is 0 Å². The highest BCUT2D eigenvalue weighted by Gasteiger charge is 2.20. The summed E-state index contributed by atoms with van der Waals surface area (Å²) in [6, 6.07) is 13.0. The molecule has 0 aliphatic rings. The van der Waals surface area contributed by atoms with E-state index in [9.17, 15) is 22.0 Å². The maximum Gasteiger partial charge on any atom is 0.252 e. The molecule has 3 aromatic rings. The predicted octanol–water partition coefficient (Wildman–Crippen LogP) is 4.99. The molecule has 3 rings (SSSR count). The van der Waals surface area contributed by atoms with Gasteiger partial charge in [0.25, 0.3) is 5.91 Å². The fourth-order valence-electron chi connectivity index (χ4n) is 3.19. The lowest BCUT2D eigenvalue weighted by atomic mass is 9.98. The van der Waals surface area contributed by atoms with Gasteiger partial charge in [-0.2, -0.15) is 0 Å². The number of ether oxygens (including phenoxy) is 1. The summed E-state index contributed by atoms with van der Waals surface area (Å²) in [6.07, 6.45) is -0.0655. The number of primary amides is 1. The van der Waals surface area contributed by atoms with Gasteiger partial charge in [0.2, 0.25) is 0 Å². The molecule has 0 fully saturated rings. The summed E-state index contributed by atoms with van der Waals surface area (Å²) in [5, 5.41) is 0. The molecular formula is C23H20F2INO4S. The van der Waals surface area contributed by atoms with Crippen LogP contribution in [0.5, 0.6) is 11.5 Å². The minimum absolute atomic E-state index is 0.00768. The van der Waals surface area contributed by atoms with Crippen LogP contribution < -0.4 is 10.5 Å². The van der Waals surface area contributed by atoms with Gasteiger partial charge < -0.3 is 10.5 Å². The molecule has 0 unspecified atom stereocenters. The van der Waals surface area contributed by atoms with Crippen molar-refractivity contribution in [2.24, 2.45) is 5.73 Å². The Morgan fingerprint density at radius 2 is 1.81 bits per heavy atom. The van der Waals surface area contributed by atoms with Crippen LogP contribution in [0.25, 0.3) is 0 Å². The lowest BCUT2D eigenvalue weighted by Crippen LogP contribution is -2.16. The zero-order valence-corrected chi connectivity index (χ0v) is 20.0. The lowest BCUT2D eigenvalue weighted by molar-refractivity contribution is 0.0997. The fraction of sp³-hybridized carbons (Fsp3) is 0.174. The Morgan fingerprint density at radius 1 is 1.06 bits per heavy atom. The molecule has 0 aromatic heterocycles. The largest absolute Gasteiger partial charge is 0.456 e. The van der Waals surface area contributed by atoms with Gasteiger partial charge >= 0.3 is 0 Å². The monoisotopic (exact) mass is 571 g/mol. The van der Waals surface area contributed by atoms with Crippen LogP contribution in [-0.4, -0.2) is 20.1 Å². The summed E-state index contributed by atoms with van der Waals surface area (Å²) in [5.74, 6) is -2.12. The van der Waals surface area contributed by atoms with Gasteiger partial charge in [-0.05, 0) is 69.6 Å². The minimum atomic E-state index is -3.26. The van der Waals surface area contributed by atoms with Crippen LogP contribution >= 0.6 is 22.6 Å². The Morgan fingerprint density at radius 3 is 2.47 bits per heavy atom. The average Bonchev–Trinajstić information content (AvgIpc) is 2.69. The number of hydrogen-bond donors (Lipinski definition) is 1. The summed E-state index contributed by atoms with van der Waals surface area (Å²) in [5.41, 5.74) is 6.42. The third-order valence-electron chi connectivity index (χ3n) is 4.74. The van der Waals surface area contributed by atoms with Gasteiger partial charge in [0.1, 0.15) is 23.1 Å². The Hall–Kier alpha value is -2.53. The van der Waals surface area contributed by atoms with E-state index >= 15 is 0 Å². The van der Waals surface area contributed by atoms with Crippen LogP contribution in [0.3, 0.4) is 0 Å². The number of halogens is 3. The van der Waals surface area contributed by atoms with Crippen molar-refractivity contribution < 1.29 is 26.7 Å². The van der Waals surface area contributed by atoms with Gasteiger partial charge in [-0.15, -0.1) is 0 Å². The second-order valence-corrected chi connectivity index (χ2v) is 10.7. The number of rotatable bonds is 8. The average molecular weight is 571 g/mol. The van der Waals surface area contributed by atoms with E-state index in [1.807, 2.05) is 22.6 Å². The van der Waals surface area contributed by atoms with Crippen molar-refractivity contribution in [1.82, 2.24) is 0 Å².